The summed E-state index contributed by atoms with van der Waals surface area (Å²) in [5.74, 6) is -0.133. The van der Waals surface area contributed by atoms with Crippen LogP contribution >= 0.6 is 0 Å². The summed E-state index contributed by atoms with van der Waals surface area (Å²) in [4.78, 5) is 40.2. The third-order valence-corrected chi connectivity index (χ3v) is 5.63. The number of hydrogen-bond acceptors (Lipinski definition) is 3. The molecular formula is C21H28FN3O3. The van der Waals surface area contributed by atoms with E-state index in [1.165, 1.54) is 19.1 Å². The van der Waals surface area contributed by atoms with Crippen molar-refractivity contribution in [3.05, 3.63) is 35.6 Å². The second-order valence-electron chi connectivity index (χ2n) is 7.86. The van der Waals surface area contributed by atoms with E-state index in [0.717, 1.165) is 24.8 Å². The first-order chi connectivity index (χ1) is 13.4. The van der Waals surface area contributed by atoms with Gasteiger partial charge in [-0.2, -0.15) is 0 Å². The quantitative estimate of drug-likeness (QED) is 0.832. The molecule has 28 heavy (non-hydrogen) atoms. The predicted molar refractivity (Wildman–Crippen MR) is 103 cm³/mol. The minimum absolute atomic E-state index is 0.0194. The lowest BCUT2D eigenvalue weighted by molar-refractivity contribution is -0.140. The Morgan fingerprint density at radius 3 is 2.54 bits per heavy atom. The summed E-state index contributed by atoms with van der Waals surface area (Å²) in [5, 5.41) is 2.82. The summed E-state index contributed by atoms with van der Waals surface area (Å²) in [6.07, 6.45) is 2.73. The van der Waals surface area contributed by atoms with Gasteiger partial charge >= 0.3 is 0 Å². The van der Waals surface area contributed by atoms with E-state index >= 15 is 0 Å². The molecule has 7 heteroatoms. The van der Waals surface area contributed by atoms with Gasteiger partial charge in [0.15, 0.2) is 0 Å². The highest BCUT2D eigenvalue weighted by atomic mass is 19.1. The Hall–Kier alpha value is -2.44. The first-order valence-electron chi connectivity index (χ1n) is 9.98. The Balaban J connectivity index is 1.51. The molecule has 0 aromatic heterocycles. The molecule has 2 unspecified atom stereocenters. The fourth-order valence-corrected chi connectivity index (χ4v) is 4.04. The number of carbonyl (C=O) groups excluding carboxylic acids is 3. The first-order valence-corrected chi connectivity index (χ1v) is 9.98. The number of likely N-dealkylation sites (tertiary alicyclic amines) is 2. The molecule has 3 rings (SSSR count). The largest absolute Gasteiger partial charge is 0.356 e. The molecule has 1 aromatic carbocycles. The molecule has 2 aliphatic heterocycles. The molecule has 0 saturated carbocycles. The van der Waals surface area contributed by atoms with Crippen LogP contribution in [-0.2, 0) is 20.8 Å². The maximum absolute atomic E-state index is 13.0. The van der Waals surface area contributed by atoms with Gasteiger partial charge in [0, 0.05) is 39.6 Å². The molecule has 152 valence electrons. The highest BCUT2D eigenvalue weighted by molar-refractivity contribution is 5.82. The SMILES string of the molecule is CC(=O)NCC1CCN(C(=O)C2CCCN(C(=O)Cc3ccc(F)cc3)C2)C1. The van der Waals surface area contributed by atoms with Crippen LogP contribution in [0.1, 0.15) is 31.7 Å². The van der Waals surface area contributed by atoms with Gasteiger partial charge in [-0.25, -0.2) is 4.39 Å². The van der Waals surface area contributed by atoms with E-state index in [4.69, 9.17) is 0 Å². The van der Waals surface area contributed by atoms with Crippen LogP contribution < -0.4 is 5.32 Å². The van der Waals surface area contributed by atoms with Crippen LogP contribution in [0.2, 0.25) is 0 Å². The Morgan fingerprint density at radius 1 is 1.07 bits per heavy atom. The highest BCUT2D eigenvalue weighted by Gasteiger charge is 2.34. The number of rotatable bonds is 5. The fourth-order valence-electron chi connectivity index (χ4n) is 4.04. The number of piperidine rings is 1. The van der Waals surface area contributed by atoms with Gasteiger partial charge in [-0.05, 0) is 42.9 Å². The fraction of sp³-hybridized carbons (Fsp3) is 0.571. The van der Waals surface area contributed by atoms with Crippen LogP contribution in [-0.4, -0.2) is 60.2 Å². The van der Waals surface area contributed by atoms with Gasteiger partial charge in [0.25, 0.3) is 0 Å². The van der Waals surface area contributed by atoms with E-state index in [2.05, 4.69) is 5.32 Å². The van der Waals surface area contributed by atoms with E-state index in [9.17, 15) is 18.8 Å². The smallest absolute Gasteiger partial charge is 0.227 e. The molecule has 0 radical (unpaired) electrons. The van der Waals surface area contributed by atoms with Crippen molar-refractivity contribution in [3.8, 4) is 0 Å². The molecule has 0 spiro atoms. The minimum Gasteiger partial charge on any atom is -0.356 e. The molecule has 0 bridgehead atoms. The van der Waals surface area contributed by atoms with Crippen molar-refractivity contribution < 1.29 is 18.8 Å². The summed E-state index contributed by atoms with van der Waals surface area (Å²) in [7, 11) is 0. The highest BCUT2D eigenvalue weighted by Crippen LogP contribution is 2.24. The van der Waals surface area contributed by atoms with Crippen molar-refractivity contribution in [2.45, 2.75) is 32.6 Å². The van der Waals surface area contributed by atoms with E-state index in [0.29, 0.717) is 38.6 Å². The lowest BCUT2D eigenvalue weighted by Gasteiger charge is -2.34. The van der Waals surface area contributed by atoms with Crippen LogP contribution in [0.15, 0.2) is 24.3 Å². The summed E-state index contributed by atoms with van der Waals surface area (Å²) < 4.78 is 13.0. The van der Waals surface area contributed by atoms with Crippen molar-refractivity contribution in [2.24, 2.45) is 11.8 Å². The van der Waals surface area contributed by atoms with Crippen LogP contribution in [0.25, 0.3) is 0 Å². The molecule has 2 saturated heterocycles. The van der Waals surface area contributed by atoms with Gasteiger partial charge in [0.05, 0.1) is 12.3 Å². The number of carbonyl (C=O) groups is 3. The molecule has 6 nitrogen and oxygen atoms in total. The van der Waals surface area contributed by atoms with Gasteiger partial charge in [-0.15, -0.1) is 0 Å². The topological polar surface area (TPSA) is 69.7 Å². The number of benzene rings is 1. The Bertz CT molecular complexity index is 722. The standard InChI is InChI=1S/C21H28FN3O3/c1-15(26)23-12-17-8-10-25(13-17)21(28)18-3-2-9-24(14-18)20(27)11-16-4-6-19(22)7-5-16/h4-7,17-18H,2-3,8-14H2,1H3,(H,23,26). The van der Waals surface area contributed by atoms with E-state index < -0.39 is 0 Å². The molecule has 1 N–H and O–H groups in total. The zero-order chi connectivity index (χ0) is 20.1. The average Bonchev–Trinajstić information content (AvgIpc) is 3.16. The molecular weight excluding hydrogens is 361 g/mol. The van der Waals surface area contributed by atoms with Gasteiger partial charge in [0.2, 0.25) is 17.7 Å². The minimum atomic E-state index is -0.317. The second-order valence-corrected chi connectivity index (χ2v) is 7.86. The van der Waals surface area contributed by atoms with Crippen molar-refractivity contribution in [1.29, 1.82) is 0 Å². The molecule has 2 atom stereocenters. The second kappa shape index (κ2) is 9.17. The van der Waals surface area contributed by atoms with E-state index in [1.807, 2.05) is 4.90 Å². The van der Waals surface area contributed by atoms with Crippen molar-refractivity contribution in [2.75, 3.05) is 32.7 Å². The van der Waals surface area contributed by atoms with Crippen LogP contribution in [0.5, 0.6) is 0 Å². The van der Waals surface area contributed by atoms with Crippen LogP contribution in [0, 0.1) is 17.7 Å². The summed E-state index contributed by atoms with van der Waals surface area (Å²) in [6, 6.07) is 5.96. The zero-order valence-electron chi connectivity index (χ0n) is 16.3. The lowest BCUT2D eigenvalue weighted by atomic mass is 9.96. The average molecular weight is 389 g/mol. The van der Waals surface area contributed by atoms with E-state index in [1.54, 1.807) is 17.0 Å². The number of nitrogens with zero attached hydrogens (tertiary/aromatic N) is 2. The maximum atomic E-state index is 13.0. The normalized spacial score (nSPS) is 22.2. The maximum Gasteiger partial charge on any atom is 0.227 e. The Morgan fingerprint density at radius 2 is 1.82 bits per heavy atom. The molecule has 1 aromatic rings. The number of nitrogens with one attached hydrogen (secondary N) is 1. The van der Waals surface area contributed by atoms with Gasteiger partial charge < -0.3 is 15.1 Å². The molecule has 2 fully saturated rings. The third kappa shape index (κ3) is 5.30. The summed E-state index contributed by atoms with van der Waals surface area (Å²) >= 11 is 0. The van der Waals surface area contributed by atoms with Crippen molar-refractivity contribution >= 4 is 17.7 Å². The molecule has 2 heterocycles. The lowest BCUT2D eigenvalue weighted by Crippen LogP contribution is -2.46. The summed E-state index contributed by atoms with van der Waals surface area (Å²) in [5.41, 5.74) is 0.778. The number of halogens is 1. The number of hydrogen-bond donors (Lipinski definition) is 1. The molecule has 3 amide bonds. The van der Waals surface area contributed by atoms with Gasteiger partial charge in [0.1, 0.15) is 5.82 Å². The van der Waals surface area contributed by atoms with E-state index in [-0.39, 0.29) is 35.9 Å². The Labute approximate surface area is 165 Å². The molecule has 2 aliphatic rings. The van der Waals surface area contributed by atoms with Crippen molar-refractivity contribution in [3.63, 3.8) is 0 Å². The summed E-state index contributed by atoms with van der Waals surface area (Å²) in [6.45, 7) is 4.59. The Kier molecular flexibility index (Phi) is 6.65. The van der Waals surface area contributed by atoms with Crippen molar-refractivity contribution in [1.82, 2.24) is 15.1 Å². The predicted octanol–water partition coefficient (Wildman–Crippen LogP) is 1.59. The molecule has 0 aliphatic carbocycles. The van der Waals surface area contributed by atoms with Crippen LogP contribution in [0.3, 0.4) is 0 Å². The zero-order valence-corrected chi connectivity index (χ0v) is 16.3. The van der Waals surface area contributed by atoms with Gasteiger partial charge in [-0.1, -0.05) is 12.1 Å². The van der Waals surface area contributed by atoms with Gasteiger partial charge in [-0.3, -0.25) is 14.4 Å². The first kappa shape index (κ1) is 20.3. The van der Waals surface area contributed by atoms with Crippen LogP contribution in [0.4, 0.5) is 4.39 Å². The number of amides is 3. The monoisotopic (exact) mass is 389 g/mol. The third-order valence-electron chi connectivity index (χ3n) is 5.63.